The molecule has 1 atom stereocenters. The van der Waals surface area contributed by atoms with Gasteiger partial charge in [0, 0.05) is 28.4 Å². The summed E-state index contributed by atoms with van der Waals surface area (Å²) in [4.78, 5) is 27.5. The molecule has 3 amide bonds. The minimum Gasteiger partial charge on any atom is -0.492 e. The molecule has 0 bridgehead atoms. The summed E-state index contributed by atoms with van der Waals surface area (Å²) in [7, 11) is 0. The minimum atomic E-state index is -0.562. The number of ether oxygens (including phenoxy) is 1. The van der Waals surface area contributed by atoms with Crippen LogP contribution < -0.4 is 20.7 Å². The first-order chi connectivity index (χ1) is 19.1. The molecule has 3 heterocycles. The van der Waals surface area contributed by atoms with Crippen molar-refractivity contribution in [2.75, 3.05) is 38.1 Å². The van der Waals surface area contributed by atoms with Crippen LogP contribution in [0.4, 0.5) is 10.5 Å². The number of hydrogen-bond donors (Lipinski definition) is 3. The number of carbonyl (C=O) groups excluding carboxylic acids is 2. The molecule has 39 heavy (non-hydrogen) atoms. The van der Waals surface area contributed by atoms with Crippen LogP contribution in [0.25, 0.3) is 20.5 Å². The fourth-order valence-corrected chi connectivity index (χ4v) is 6.49. The first-order valence-corrected chi connectivity index (χ1v) is 14.3. The molecule has 0 saturated carbocycles. The Balaban J connectivity index is 1.16. The van der Waals surface area contributed by atoms with E-state index in [1.165, 1.54) is 52.0 Å². The maximum atomic E-state index is 12.5. The van der Waals surface area contributed by atoms with E-state index in [0.717, 1.165) is 30.9 Å². The van der Waals surface area contributed by atoms with E-state index in [-0.39, 0.29) is 11.9 Å². The van der Waals surface area contributed by atoms with Crippen LogP contribution in [0.5, 0.6) is 5.75 Å². The van der Waals surface area contributed by atoms with Crippen LogP contribution in [-0.2, 0) is 11.2 Å². The molecule has 1 aromatic heterocycles. The number of fused-ring (bicyclic) bond motifs is 1. The summed E-state index contributed by atoms with van der Waals surface area (Å²) in [6, 6.07) is 24.1. The van der Waals surface area contributed by atoms with Gasteiger partial charge in [-0.15, -0.1) is 11.3 Å². The lowest BCUT2D eigenvalue weighted by Gasteiger charge is -2.15. The van der Waals surface area contributed by atoms with Crippen molar-refractivity contribution >= 4 is 39.0 Å². The van der Waals surface area contributed by atoms with E-state index >= 15 is 0 Å². The van der Waals surface area contributed by atoms with Crippen molar-refractivity contribution in [3.05, 3.63) is 83.9 Å². The van der Waals surface area contributed by atoms with Crippen LogP contribution in [0.2, 0.25) is 0 Å². The first kappa shape index (κ1) is 25.4. The lowest BCUT2D eigenvalue weighted by molar-refractivity contribution is -0.117. The Labute approximate surface area is 232 Å². The van der Waals surface area contributed by atoms with Crippen LogP contribution in [0.3, 0.4) is 0 Å². The summed E-state index contributed by atoms with van der Waals surface area (Å²) < 4.78 is 7.26. The number of amides is 3. The molecule has 1 unspecified atom stereocenters. The summed E-state index contributed by atoms with van der Waals surface area (Å²) in [5, 5.41) is 9.38. The Bertz CT molecular complexity index is 1460. The standard InChI is InChI=1S/C31H32N4O3S/c36-30(27-20-32-31(37)34-27)33-23-11-9-22(10-12-23)29-26(25-5-1-2-6-28(25)39-29)19-21-7-13-24(14-8-21)38-18-17-35-15-3-4-16-35/h1-2,5-14,27H,3-4,15-20H2,(H,33,36)(H2,32,34,37). The third-order valence-corrected chi connectivity index (χ3v) is 8.64. The Morgan fingerprint density at radius 3 is 2.51 bits per heavy atom. The van der Waals surface area contributed by atoms with Gasteiger partial charge < -0.3 is 20.7 Å². The van der Waals surface area contributed by atoms with Crippen molar-refractivity contribution in [2.45, 2.75) is 25.3 Å². The Morgan fingerprint density at radius 1 is 1.00 bits per heavy atom. The predicted molar refractivity (Wildman–Crippen MR) is 157 cm³/mol. The molecule has 0 aliphatic carbocycles. The van der Waals surface area contributed by atoms with E-state index in [2.05, 4.69) is 69.4 Å². The van der Waals surface area contributed by atoms with E-state index in [0.29, 0.717) is 12.2 Å². The van der Waals surface area contributed by atoms with Gasteiger partial charge >= 0.3 is 6.03 Å². The van der Waals surface area contributed by atoms with Crippen LogP contribution in [0.1, 0.15) is 24.0 Å². The number of rotatable bonds is 9. The van der Waals surface area contributed by atoms with Gasteiger partial charge in [-0.2, -0.15) is 0 Å². The molecule has 6 rings (SSSR count). The molecule has 0 radical (unpaired) electrons. The van der Waals surface area contributed by atoms with Crippen molar-refractivity contribution < 1.29 is 14.3 Å². The highest BCUT2D eigenvalue weighted by atomic mass is 32.1. The summed E-state index contributed by atoms with van der Waals surface area (Å²) in [6.45, 7) is 4.38. The van der Waals surface area contributed by atoms with Crippen molar-refractivity contribution in [2.24, 2.45) is 0 Å². The molecule has 7 nitrogen and oxygen atoms in total. The molecular formula is C31H32N4O3S. The van der Waals surface area contributed by atoms with Gasteiger partial charge in [0.2, 0.25) is 5.91 Å². The third-order valence-electron chi connectivity index (χ3n) is 7.38. The van der Waals surface area contributed by atoms with Crippen molar-refractivity contribution in [1.29, 1.82) is 0 Å². The third kappa shape index (κ3) is 5.92. The molecule has 2 aliphatic rings. The quantitative estimate of drug-likeness (QED) is 0.271. The average Bonchev–Trinajstić information content (AvgIpc) is 3.71. The normalized spacial score (nSPS) is 17.2. The van der Waals surface area contributed by atoms with Crippen molar-refractivity contribution in [3.63, 3.8) is 0 Å². The largest absolute Gasteiger partial charge is 0.492 e. The molecule has 8 heteroatoms. The molecular weight excluding hydrogens is 508 g/mol. The van der Waals surface area contributed by atoms with Crippen LogP contribution in [-0.4, -0.2) is 55.7 Å². The summed E-state index contributed by atoms with van der Waals surface area (Å²) in [5.41, 5.74) is 4.35. The average molecular weight is 541 g/mol. The van der Waals surface area contributed by atoms with Gasteiger partial charge in [0.15, 0.2) is 0 Å². The molecule has 3 aromatic carbocycles. The number of nitrogens with one attached hydrogen (secondary N) is 3. The first-order valence-electron chi connectivity index (χ1n) is 13.5. The Kier molecular flexibility index (Phi) is 7.47. The highest BCUT2D eigenvalue weighted by molar-refractivity contribution is 7.22. The Morgan fingerprint density at radius 2 is 1.77 bits per heavy atom. The highest BCUT2D eigenvalue weighted by Crippen LogP contribution is 2.40. The molecule has 200 valence electrons. The van der Waals surface area contributed by atoms with Crippen LogP contribution in [0, 0.1) is 0 Å². The van der Waals surface area contributed by atoms with Gasteiger partial charge in [0.25, 0.3) is 0 Å². The second-order valence-corrected chi connectivity index (χ2v) is 11.1. The zero-order chi connectivity index (χ0) is 26.6. The maximum Gasteiger partial charge on any atom is 0.315 e. The zero-order valence-electron chi connectivity index (χ0n) is 21.7. The van der Waals surface area contributed by atoms with Gasteiger partial charge in [-0.25, -0.2) is 4.79 Å². The number of benzene rings is 3. The molecule has 0 spiro atoms. The maximum absolute atomic E-state index is 12.5. The lowest BCUT2D eigenvalue weighted by atomic mass is 9.99. The predicted octanol–water partition coefficient (Wildman–Crippen LogP) is 5.25. The molecule has 2 fully saturated rings. The van der Waals surface area contributed by atoms with Gasteiger partial charge in [0.1, 0.15) is 18.4 Å². The fourth-order valence-electron chi connectivity index (χ4n) is 5.26. The van der Waals surface area contributed by atoms with Gasteiger partial charge in [-0.3, -0.25) is 9.69 Å². The van der Waals surface area contributed by atoms with E-state index in [1.807, 2.05) is 24.3 Å². The second-order valence-electron chi connectivity index (χ2n) is 10.1. The smallest absolute Gasteiger partial charge is 0.315 e. The molecule has 2 aliphatic heterocycles. The van der Waals surface area contributed by atoms with E-state index < -0.39 is 6.04 Å². The number of likely N-dealkylation sites (tertiary alicyclic amines) is 1. The van der Waals surface area contributed by atoms with Gasteiger partial charge in [0.05, 0.1) is 0 Å². The minimum absolute atomic E-state index is 0.230. The summed E-state index contributed by atoms with van der Waals surface area (Å²) in [6.07, 6.45) is 3.42. The van der Waals surface area contributed by atoms with E-state index in [4.69, 9.17) is 4.74 Å². The van der Waals surface area contributed by atoms with Crippen molar-refractivity contribution in [3.8, 4) is 16.2 Å². The zero-order valence-corrected chi connectivity index (χ0v) is 22.6. The summed E-state index contributed by atoms with van der Waals surface area (Å²) in [5.74, 6) is 0.686. The lowest BCUT2D eigenvalue weighted by Crippen LogP contribution is -2.38. The molecule has 4 aromatic rings. The van der Waals surface area contributed by atoms with Crippen LogP contribution >= 0.6 is 11.3 Å². The number of carbonyl (C=O) groups is 2. The van der Waals surface area contributed by atoms with Gasteiger partial charge in [-0.1, -0.05) is 42.5 Å². The van der Waals surface area contributed by atoms with E-state index in [9.17, 15) is 9.59 Å². The fraction of sp³-hybridized carbons (Fsp3) is 0.290. The monoisotopic (exact) mass is 540 g/mol. The van der Waals surface area contributed by atoms with Gasteiger partial charge in [-0.05, 0) is 84.8 Å². The number of hydrogen-bond acceptors (Lipinski definition) is 5. The molecule has 3 N–H and O–H groups in total. The SMILES string of the molecule is O=C1NCC(C(=O)Nc2ccc(-c3sc4ccccc4c3Cc3ccc(OCCN4CCCC4)cc3)cc2)N1. The van der Waals surface area contributed by atoms with E-state index in [1.54, 1.807) is 11.3 Å². The molecule has 2 saturated heterocycles. The number of thiophene rings is 1. The number of urea groups is 1. The topological polar surface area (TPSA) is 82.7 Å². The number of anilines is 1. The summed E-state index contributed by atoms with van der Waals surface area (Å²) >= 11 is 1.79. The number of nitrogens with zero attached hydrogens (tertiary/aromatic N) is 1. The Hall–Kier alpha value is -3.88. The second kappa shape index (κ2) is 11.5. The van der Waals surface area contributed by atoms with Crippen molar-refractivity contribution in [1.82, 2.24) is 15.5 Å². The highest BCUT2D eigenvalue weighted by Gasteiger charge is 2.26. The van der Waals surface area contributed by atoms with Crippen LogP contribution in [0.15, 0.2) is 72.8 Å².